The maximum absolute atomic E-state index is 13.0. The molecule has 0 unspecified atom stereocenters. The van der Waals surface area contributed by atoms with Crippen LogP contribution in [0.25, 0.3) is 0 Å². The zero-order valence-corrected chi connectivity index (χ0v) is 15.8. The van der Waals surface area contributed by atoms with Crippen LogP contribution >= 0.6 is 0 Å². The Morgan fingerprint density at radius 3 is 2.35 bits per heavy atom. The molecule has 1 aromatic rings. The number of benzene rings is 1. The molecule has 0 spiro atoms. The Hall–Kier alpha value is -1.61. The quantitative estimate of drug-likeness (QED) is 0.857. The summed E-state index contributed by atoms with van der Waals surface area (Å²) in [6.45, 7) is 4.65. The normalized spacial score (nSPS) is 17.3. The zero-order chi connectivity index (χ0) is 19.7. The molecule has 1 aliphatic heterocycles. The number of nitrogens with zero attached hydrogens (tertiary/aromatic N) is 1. The van der Waals surface area contributed by atoms with Crippen molar-refractivity contribution in [3.8, 4) is 0 Å². The number of piperidine rings is 1. The third-order valence-electron chi connectivity index (χ3n) is 4.69. The highest BCUT2D eigenvalue weighted by atomic mass is 32.2. The second kappa shape index (κ2) is 7.56. The second-order valence-electron chi connectivity index (χ2n) is 6.80. The molecule has 0 aliphatic carbocycles. The summed E-state index contributed by atoms with van der Waals surface area (Å²) < 4.78 is 64.2. The molecule has 0 bridgehead atoms. The van der Waals surface area contributed by atoms with E-state index in [1.165, 1.54) is 16.4 Å². The molecule has 5 nitrogen and oxygen atoms in total. The van der Waals surface area contributed by atoms with E-state index in [2.05, 4.69) is 6.92 Å². The Balaban J connectivity index is 2.34. The lowest BCUT2D eigenvalue weighted by Crippen LogP contribution is -2.38. The van der Waals surface area contributed by atoms with Gasteiger partial charge in [0.2, 0.25) is 10.0 Å². The van der Waals surface area contributed by atoms with Gasteiger partial charge in [0.05, 0.1) is 4.90 Å². The number of alkyl halides is 3. The molecule has 1 N–H and O–H groups in total. The van der Waals surface area contributed by atoms with Gasteiger partial charge in [-0.15, -0.1) is 0 Å². The summed E-state index contributed by atoms with van der Waals surface area (Å²) in [6, 6.07) is 2.57. The molecule has 0 saturated carbocycles. The standard InChI is InChI=1S/C17H23F3N2O3S/c1-11-4-6-22(7-5-11)26(24,25)15-9-14(8-12(2)13(15)3)16(23)21-10-17(18,19)20/h8-9,11H,4-7,10H2,1-3H3,(H,21,23). The van der Waals surface area contributed by atoms with Crippen molar-refractivity contribution < 1.29 is 26.4 Å². The molecule has 146 valence electrons. The molecule has 26 heavy (non-hydrogen) atoms. The number of halogens is 3. The minimum atomic E-state index is -4.53. The molecule has 1 fully saturated rings. The van der Waals surface area contributed by atoms with Gasteiger partial charge in [0.1, 0.15) is 6.54 Å². The summed E-state index contributed by atoms with van der Waals surface area (Å²) >= 11 is 0. The molecular formula is C17H23F3N2O3S. The summed E-state index contributed by atoms with van der Waals surface area (Å²) in [7, 11) is -3.81. The first-order valence-corrected chi connectivity index (χ1v) is 9.82. The number of hydrogen-bond acceptors (Lipinski definition) is 3. The molecule has 1 aromatic carbocycles. The molecule has 1 saturated heterocycles. The first-order valence-electron chi connectivity index (χ1n) is 8.38. The predicted octanol–water partition coefficient (Wildman–Crippen LogP) is 3.02. The minimum Gasteiger partial charge on any atom is -0.343 e. The summed E-state index contributed by atoms with van der Waals surface area (Å²) in [5, 5.41) is 1.78. The van der Waals surface area contributed by atoms with Crippen molar-refractivity contribution in [1.82, 2.24) is 9.62 Å². The van der Waals surface area contributed by atoms with E-state index >= 15 is 0 Å². The van der Waals surface area contributed by atoms with E-state index in [9.17, 15) is 26.4 Å². The van der Waals surface area contributed by atoms with Crippen molar-refractivity contribution in [3.05, 3.63) is 28.8 Å². The van der Waals surface area contributed by atoms with E-state index in [4.69, 9.17) is 0 Å². The molecule has 0 aromatic heterocycles. The van der Waals surface area contributed by atoms with Gasteiger partial charge in [-0.1, -0.05) is 6.92 Å². The van der Waals surface area contributed by atoms with Gasteiger partial charge < -0.3 is 5.32 Å². The molecular weight excluding hydrogens is 369 g/mol. The number of rotatable bonds is 4. The van der Waals surface area contributed by atoms with Crippen molar-refractivity contribution in [3.63, 3.8) is 0 Å². The van der Waals surface area contributed by atoms with E-state index in [0.29, 0.717) is 30.1 Å². The Morgan fingerprint density at radius 2 is 1.81 bits per heavy atom. The molecule has 9 heteroatoms. The lowest BCUT2D eigenvalue weighted by Gasteiger charge is -2.30. The van der Waals surface area contributed by atoms with E-state index in [0.717, 1.165) is 12.8 Å². The molecule has 0 atom stereocenters. The van der Waals surface area contributed by atoms with Crippen molar-refractivity contribution in [2.75, 3.05) is 19.6 Å². The predicted molar refractivity (Wildman–Crippen MR) is 91.5 cm³/mol. The highest BCUT2D eigenvalue weighted by Crippen LogP contribution is 2.28. The van der Waals surface area contributed by atoms with E-state index in [1.54, 1.807) is 19.2 Å². The van der Waals surface area contributed by atoms with Gasteiger partial charge in [-0.3, -0.25) is 4.79 Å². The third-order valence-corrected chi connectivity index (χ3v) is 6.72. The summed E-state index contributed by atoms with van der Waals surface area (Å²) in [5.74, 6) is -0.502. The van der Waals surface area contributed by atoms with Crippen LogP contribution in [0.3, 0.4) is 0 Å². The maximum atomic E-state index is 13.0. The smallest absolute Gasteiger partial charge is 0.343 e. The van der Waals surface area contributed by atoms with Gasteiger partial charge in [-0.25, -0.2) is 8.42 Å². The van der Waals surface area contributed by atoms with Crippen LogP contribution in [0.5, 0.6) is 0 Å². The van der Waals surface area contributed by atoms with Gasteiger partial charge >= 0.3 is 6.18 Å². The lowest BCUT2D eigenvalue weighted by atomic mass is 10.0. The van der Waals surface area contributed by atoms with E-state index in [1.807, 2.05) is 0 Å². The topological polar surface area (TPSA) is 66.5 Å². The van der Waals surface area contributed by atoms with E-state index in [-0.39, 0.29) is 10.5 Å². The van der Waals surface area contributed by atoms with Gasteiger partial charge in [0.25, 0.3) is 5.91 Å². The third kappa shape index (κ3) is 4.76. The second-order valence-corrected chi connectivity index (χ2v) is 8.71. The van der Waals surface area contributed by atoms with Crippen LogP contribution in [0.1, 0.15) is 41.3 Å². The number of aryl methyl sites for hydroxylation is 1. The fourth-order valence-corrected chi connectivity index (χ4v) is 4.67. The van der Waals surface area contributed by atoms with Crippen LogP contribution in [0.2, 0.25) is 0 Å². The number of sulfonamides is 1. The summed E-state index contributed by atoms with van der Waals surface area (Å²) in [6.07, 6.45) is -3.03. The van der Waals surface area contributed by atoms with Gasteiger partial charge in [0, 0.05) is 18.7 Å². The fourth-order valence-electron chi connectivity index (χ4n) is 2.87. The van der Waals surface area contributed by atoms with Crippen LogP contribution in [0.15, 0.2) is 17.0 Å². The van der Waals surface area contributed by atoms with Gasteiger partial charge in [0.15, 0.2) is 0 Å². The van der Waals surface area contributed by atoms with Crippen molar-refractivity contribution in [1.29, 1.82) is 0 Å². The highest BCUT2D eigenvalue weighted by Gasteiger charge is 2.31. The Labute approximate surface area is 151 Å². The van der Waals surface area contributed by atoms with Crippen LogP contribution in [-0.2, 0) is 10.0 Å². The first kappa shape index (κ1) is 20.7. The minimum absolute atomic E-state index is 0.0239. The van der Waals surface area contributed by atoms with E-state index < -0.39 is 28.7 Å². The maximum Gasteiger partial charge on any atom is 0.405 e. The van der Waals surface area contributed by atoms with Crippen LogP contribution in [-0.4, -0.2) is 44.4 Å². The number of amides is 1. The SMILES string of the molecule is Cc1cc(C(=O)NCC(F)(F)F)cc(S(=O)(=O)N2CCC(C)CC2)c1C. The Kier molecular flexibility index (Phi) is 6.02. The molecule has 2 rings (SSSR count). The monoisotopic (exact) mass is 392 g/mol. The average Bonchev–Trinajstić information content (AvgIpc) is 2.54. The fraction of sp³-hybridized carbons (Fsp3) is 0.588. The highest BCUT2D eigenvalue weighted by molar-refractivity contribution is 7.89. The largest absolute Gasteiger partial charge is 0.405 e. The van der Waals surface area contributed by atoms with Crippen molar-refractivity contribution >= 4 is 15.9 Å². The van der Waals surface area contributed by atoms with Crippen LogP contribution < -0.4 is 5.32 Å². The number of carbonyl (C=O) groups excluding carboxylic acids is 1. The van der Waals surface area contributed by atoms with Crippen LogP contribution in [0.4, 0.5) is 13.2 Å². The summed E-state index contributed by atoms with van der Waals surface area (Å²) in [5.41, 5.74) is 0.936. The lowest BCUT2D eigenvalue weighted by molar-refractivity contribution is -0.123. The number of nitrogens with one attached hydrogen (secondary N) is 1. The van der Waals surface area contributed by atoms with Crippen LogP contribution in [0, 0.1) is 19.8 Å². The molecule has 1 aliphatic rings. The molecule has 1 amide bonds. The molecule has 1 heterocycles. The van der Waals surface area contributed by atoms with Crippen molar-refractivity contribution in [2.24, 2.45) is 5.92 Å². The van der Waals surface area contributed by atoms with Gasteiger partial charge in [-0.2, -0.15) is 17.5 Å². The summed E-state index contributed by atoms with van der Waals surface area (Å²) in [4.78, 5) is 12.0. The van der Waals surface area contributed by atoms with Gasteiger partial charge in [-0.05, 0) is 55.9 Å². The first-order chi connectivity index (χ1) is 11.9. The number of carbonyl (C=O) groups is 1. The number of hydrogen-bond donors (Lipinski definition) is 1. The zero-order valence-electron chi connectivity index (χ0n) is 15.0. The molecule has 0 radical (unpaired) electrons. The Bertz CT molecular complexity index is 783. The Morgan fingerprint density at radius 1 is 1.23 bits per heavy atom. The average molecular weight is 392 g/mol. The van der Waals surface area contributed by atoms with Crippen molar-refractivity contribution in [2.45, 2.75) is 44.7 Å².